The summed E-state index contributed by atoms with van der Waals surface area (Å²) in [7, 11) is 0. The van der Waals surface area contributed by atoms with Gasteiger partial charge in [-0.25, -0.2) is 0 Å². The molecule has 1 aromatic carbocycles. The van der Waals surface area contributed by atoms with E-state index in [1.54, 1.807) is 10.9 Å². The Kier molecular flexibility index (Phi) is 4.01. The van der Waals surface area contributed by atoms with Crippen LogP contribution in [0.4, 0.5) is 0 Å². The summed E-state index contributed by atoms with van der Waals surface area (Å²) < 4.78 is 3.67. The first-order valence-electron chi connectivity index (χ1n) is 5.26. The van der Waals surface area contributed by atoms with Crippen molar-refractivity contribution in [3.05, 3.63) is 50.7 Å². The zero-order valence-corrected chi connectivity index (χ0v) is 12.4. The van der Waals surface area contributed by atoms with Crippen LogP contribution in [0.3, 0.4) is 0 Å². The van der Waals surface area contributed by atoms with Crippen molar-refractivity contribution < 1.29 is 5.11 Å². The van der Waals surface area contributed by atoms with E-state index in [2.05, 4.69) is 37.0 Å². The van der Waals surface area contributed by atoms with E-state index in [0.717, 1.165) is 26.6 Å². The highest BCUT2D eigenvalue weighted by atomic mass is 79.9. The third kappa shape index (κ3) is 2.97. The molecule has 0 bridgehead atoms. The second-order valence-corrected chi connectivity index (χ2v) is 5.57. The molecule has 1 atom stereocenters. The SMILES string of the molecule is CCn1cc(C(O)c2cc(Br)cc(Br)c2)cn1. The maximum atomic E-state index is 10.3. The average molecular weight is 360 g/mol. The Bertz CT molecular complexity index is 505. The van der Waals surface area contributed by atoms with Gasteiger partial charge >= 0.3 is 0 Å². The first kappa shape index (κ1) is 12.8. The van der Waals surface area contributed by atoms with Crippen molar-refractivity contribution in [1.29, 1.82) is 0 Å². The monoisotopic (exact) mass is 358 g/mol. The lowest BCUT2D eigenvalue weighted by Gasteiger charge is -2.09. The minimum absolute atomic E-state index is 0.649. The van der Waals surface area contributed by atoms with E-state index in [9.17, 15) is 5.11 Å². The van der Waals surface area contributed by atoms with Crippen LogP contribution in [0.5, 0.6) is 0 Å². The van der Waals surface area contributed by atoms with Crippen molar-refractivity contribution in [2.75, 3.05) is 0 Å². The molecule has 0 saturated heterocycles. The van der Waals surface area contributed by atoms with Crippen molar-refractivity contribution in [3.63, 3.8) is 0 Å². The number of rotatable bonds is 3. The molecule has 0 aliphatic heterocycles. The first-order valence-corrected chi connectivity index (χ1v) is 6.85. The summed E-state index contributed by atoms with van der Waals surface area (Å²) in [6.45, 7) is 2.81. The molecule has 2 rings (SSSR count). The first-order chi connectivity index (χ1) is 8.10. The predicted octanol–water partition coefficient (Wildman–Crippen LogP) is 3.51. The minimum atomic E-state index is -0.649. The Labute approximate surface area is 117 Å². The highest BCUT2D eigenvalue weighted by Gasteiger charge is 2.13. The fraction of sp³-hybridized carbons (Fsp3) is 0.250. The summed E-state index contributed by atoms with van der Waals surface area (Å²) in [5, 5.41) is 14.4. The Morgan fingerprint density at radius 2 is 1.88 bits per heavy atom. The quantitative estimate of drug-likeness (QED) is 0.910. The molecule has 1 heterocycles. The van der Waals surface area contributed by atoms with Crippen molar-refractivity contribution in [3.8, 4) is 0 Å². The standard InChI is InChI=1S/C12H12Br2N2O/c1-2-16-7-9(6-15-16)12(17)8-3-10(13)5-11(14)4-8/h3-7,12,17H,2H2,1H3. The van der Waals surface area contributed by atoms with Crippen LogP contribution >= 0.6 is 31.9 Å². The smallest absolute Gasteiger partial charge is 0.107 e. The number of hydrogen-bond acceptors (Lipinski definition) is 2. The predicted molar refractivity (Wildman–Crippen MR) is 73.8 cm³/mol. The number of hydrogen-bond donors (Lipinski definition) is 1. The van der Waals surface area contributed by atoms with Crippen LogP contribution in [0.25, 0.3) is 0 Å². The topological polar surface area (TPSA) is 38.0 Å². The van der Waals surface area contributed by atoms with Crippen LogP contribution in [-0.4, -0.2) is 14.9 Å². The van der Waals surface area contributed by atoms with Crippen LogP contribution in [0.15, 0.2) is 39.5 Å². The number of benzene rings is 1. The number of nitrogens with zero attached hydrogens (tertiary/aromatic N) is 2. The van der Waals surface area contributed by atoms with Crippen molar-refractivity contribution in [2.24, 2.45) is 0 Å². The molecule has 0 aliphatic carbocycles. The number of halogens is 2. The third-order valence-corrected chi connectivity index (χ3v) is 3.41. The highest BCUT2D eigenvalue weighted by molar-refractivity contribution is 9.11. The molecule has 0 radical (unpaired) electrons. The molecule has 0 saturated carbocycles. The van der Waals surface area contributed by atoms with E-state index < -0.39 is 6.10 Å². The molecule has 90 valence electrons. The van der Waals surface area contributed by atoms with Crippen LogP contribution < -0.4 is 0 Å². The minimum Gasteiger partial charge on any atom is -0.384 e. The zero-order chi connectivity index (χ0) is 12.4. The van der Waals surface area contributed by atoms with Gasteiger partial charge in [0.2, 0.25) is 0 Å². The highest BCUT2D eigenvalue weighted by Crippen LogP contribution is 2.27. The van der Waals surface area contributed by atoms with Gasteiger partial charge < -0.3 is 5.11 Å². The molecule has 0 amide bonds. The van der Waals surface area contributed by atoms with Crippen molar-refractivity contribution >= 4 is 31.9 Å². The maximum Gasteiger partial charge on any atom is 0.107 e. The Morgan fingerprint density at radius 3 is 2.41 bits per heavy atom. The van der Waals surface area contributed by atoms with E-state index >= 15 is 0 Å². The van der Waals surface area contributed by atoms with E-state index in [4.69, 9.17) is 0 Å². The van der Waals surface area contributed by atoms with Gasteiger partial charge in [0.15, 0.2) is 0 Å². The molecule has 3 nitrogen and oxygen atoms in total. The molecule has 5 heteroatoms. The molecule has 1 aromatic heterocycles. The van der Waals surface area contributed by atoms with Crippen LogP contribution in [0.1, 0.15) is 24.2 Å². The molecule has 0 fully saturated rings. The Hall–Kier alpha value is -0.650. The van der Waals surface area contributed by atoms with Crippen LogP contribution in [0.2, 0.25) is 0 Å². The van der Waals surface area contributed by atoms with Crippen LogP contribution in [0, 0.1) is 0 Å². The van der Waals surface area contributed by atoms with E-state index in [0.29, 0.717) is 0 Å². The zero-order valence-electron chi connectivity index (χ0n) is 9.27. The Morgan fingerprint density at radius 1 is 1.24 bits per heavy atom. The molecule has 0 aliphatic rings. The second-order valence-electron chi connectivity index (χ2n) is 3.73. The molecule has 0 spiro atoms. The van der Waals surface area contributed by atoms with Gasteiger partial charge in [0, 0.05) is 27.3 Å². The van der Waals surface area contributed by atoms with Gasteiger partial charge in [-0.05, 0) is 30.7 Å². The third-order valence-electron chi connectivity index (χ3n) is 2.49. The molecule has 17 heavy (non-hydrogen) atoms. The summed E-state index contributed by atoms with van der Waals surface area (Å²) in [6, 6.07) is 5.74. The summed E-state index contributed by atoms with van der Waals surface area (Å²) in [5.74, 6) is 0. The van der Waals surface area contributed by atoms with E-state index in [-0.39, 0.29) is 0 Å². The van der Waals surface area contributed by atoms with Gasteiger partial charge in [-0.3, -0.25) is 4.68 Å². The lowest BCUT2D eigenvalue weighted by Crippen LogP contribution is -1.99. The van der Waals surface area contributed by atoms with Crippen molar-refractivity contribution in [1.82, 2.24) is 9.78 Å². The average Bonchev–Trinajstić information content (AvgIpc) is 2.75. The van der Waals surface area contributed by atoms with Gasteiger partial charge in [0.1, 0.15) is 6.10 Å². The van der Waals surface area contributed by atoms with Crippen LogP contribution in [-0.2, 0) is 6.54 Å². The lowest BCUT2D eigenvalue weighted by atomic mass is 10.1. The van der Waals surface area contributed by atoms with Gasteiger partial charge in [-0.1, -0.05) is 31.9 Å². The number of aryl methyl sites for hydroxylation is 1. The summed E-state index contributed by atoms with van der Waals surface area (Å²) in [5.41, 5.74) is 1.64. The van der Waals surface area contributed by atoms with Gasteiger partial charge in [-0.15, -0.1) is 0 Å². The molecule has 2 aromatic rings. The maximum absolute atomic E-state index is 10.3. The fourth-order valence-corrected chi connectivity index (χ4v) is 2.95. The number of aromatic nitrogens is 2. The van der Waals surface area contributed by atoms with E-state index in [1.165, 1.54) is 0 Å². The largest absolute Gasteiger partial charge is 0.384 e. The van der Waals surface area contributed by atoms with Gasteiger partial charge in [0.25, 0.3) is 0 Å². The van der Waals surface area contributed by atoms with Gasteiger partial charge in [-0.2, -0.15) is 5.10 Å². The summed E-state index contributed by atoms with van der Waals surface area (Å²) in [6.07, 6.45) is 2.91. The second kappa shape index (κ2) is 5.33. The normalized spacial score (nSPS) is 12.7. The number of aliphatic hydroxyl groups excluding tert-OH is 1. The fourth-order valence-electron chi connectivity index (χ4n) is 1.62. The summed E-state index contributed by atoms with van der Waals surface area (Å²) in [4.78, 5) is 0. The van der Waals surface area contributed by atoms with E-state index in [1.807, 2.05) is 31.3 Å². The molecular weight excluding hydrogens is 348 g/mol. The van der Waals surface area contributed by atoms with Crippen molar-refractivity contribution in [2.45, 2.75) is 19.6 Å². The van der Waals surface area contributed by atoms with Gasteiger partial charge in [0.05, 0.1) is 6.20 Å². The lowest BCUT2D eigenvalue weighted by molar-refractivity contribution is 0.220. The molecular formula is C12H12Br2N2O. The molecule has 1 unspecified atom stereocenters. The molecule has 1 N–H and O–H groups in total. The Balaban J connectivity index is 2.32. The number of aliphatic hydroxyl groups is 1. The summed E-state index contributed by atoms with van der Waals surface area (Å²) >= 11 is 6.82.